The van der Waals surface area contributed by atoms with Gasteiger partial charge in [0.25, 0.3) is 0 Å². The number of halogens is 6. The highest BCUT2D eigenvalue weighted by molar-refractivity contribution is 5.82. The molecule has 2 aliphatic rings. The molecular weight excluding hydrogens is 500 g/mol. The predicted octanol–water partition coefficient (Wildman–Crippen LogP) is 5.98. The van der Waals surface area contributed by atoms with E-state index in [4.69, 9.17) is 4.74 Å². The lowest BCUT2D eigenvalue weighted by Gasteiger charge is -2.41. The van der Waals surface area contributed by atoms with Crippen LogP contribution in [0.2, 0.25) is 0 Å². The Balaban J connectivity index is 1.35. The average Bonchev–Trinajstić information content (AvgIpc) is 3.23. The highest BCUT2D eigenvalue weighted by atomic mass is 19.4. The Labute approximate surface area is 208 Å². The number of nitrogens with zero attached hydrogens (tertiary/aromatic N) is 2. The fourth-order valence-corrected chi connectivity index (χ4v) is 5.06. The summed E-state index contributed by atoms with van der Waals surface area (Å²) >= 11 is 0. The van der Waals surface area contributed by atoms with Gasteiger partial charge in [0.2, 0.25) is 0 Å². The number of benzene rings is 2. The molecule has 1 aliphatic carbocycles. The zero-order valence-corrected chi connectivity index (χ0v) is 19.8. The minimum absolute atomic E-state index is 0.0162. The lowest BCUT2D eigenvalue weighted by atomic mass is 9.77. The zero-order valence-electron chi connectivity index (χ0n) is 19.8. The summed E-state index contributed by atoms with van der Waals surface area (Å²) in [5, 5.41) is 13.2. The molecule has 2 N–H and O–H groups in total. The summed E-state index contributed by atoms with van der Waals surface area (Å²) in [5.74, 6) is 0.0162. The summed E-state index contributed by atoms with van der Waals surface area (Å²) < 4.78 is 87.7. The first kappa shape index (κ1) is 25.6. The van der Waals surface area contributed by atoms with Crippen LogP contribution in [0, 0.1) is 0 Å². The SMILES string of the molecule is CC1(O)CC(n2cnc3cc(OC[C@@H]4C=C(c5ccc(C(F)(F)F)cc5)CCN4)cc(C(F)(F)F)c32)C1. The second-order valence-corrected chi connectivity index (χ2v) is 9.94. The van der Waals surface area contributed by atoms with Crippen LogP contribution in [0.25, 0.3) is 16.6 Å². The van der Waals surface area contributed by atoms with Gasteiger partial charge in [0.1, 0.15) is 12.4 Å². The van der Waals surface area contributed by atoms with Crippen molar-refractivity contribution < 1.29 is 36.2 Å². The monoisotopic (exact) mass is 525 g/mol. The highest BCUT2D eigenvalue weighted by Crippen LogP contribution is 2.45. The Kier molecular flexibility index (Phi) is 6.26. The lowest BCUT2D eigenvalue weighted by Crippen LogP contribution is -2.41. The molecule has 0 bridgehead atoms. The molecule has 5 rings (SSSR count). The van der Waals surface area contributed by atoms with Gasteiger partial charge in [-0.1, -0.05) is 18.2 Å². The predicted molar refractivity (Wildman–Crippen MR) is 125 cm³/mol. The van der Waals surface area contributed by atoms with E-state index in [-0.39, 0.29) is 35.5 Å². The van der Waals surface area contributed by atoms with Crippen LogP contribution >= 0.6 is 0 Å². The number of aromatic nitrogens is 2. The molecule has 11 heteroatoms. The number of nitrogens with one attached hydrogen (secondary N) is 1. The van der Waals surface area contributed by atoms with Crippen molar-refractivity contribution in [2.75, 3.05) is 13.2 Å². The minimum Gasteiger partial charge on any atom is -0.492 e. The van der Waals surface area contributed by atoms with Gasteiger partial charge in [0, 0.05) is 12.1 Å². The number of aliphatic hydroxyl groups is 1. The van der Waals surface area contributed by atoms with Crippen molar-refractivity contribution in [1.29, 1.82) is 0 Å². The van der Waals surface area contributed by atoms with Crippen LogP contribution in [0.5, 0.6) is 5.75 Å². The first-order valence-electron chi connectivity index (χ1n) is 11.8. The third-order valence-electron chi connectivity index (χ3n) is 6.91. The molecule has 0 saturated heterocycles. The number of rotatable bonds is 5. The quantitative estimate of drug-likeness (QED) is 0.402. The topological polar surface area (TPSA) is 59.3 Å². The van der Waals surface area contributed by atoms with Gasteiger partial charge in [-0.25, -0.2) is 4.98 Å². The third kappa shape index (κ3) is 5.33. The summed E-state index contributed by atoms with van der Waals surface area (Å²) in [5.41, 5.74) is -0.895. The van der Waals surface area contributed by atoms with E-state index in [9.17, 15) is 31.4 Å². The molecule has 1 aromatic heterocycles. The molecule has 1 atom stereocenters. The number of alkyl halides is 6. The standard InChI is InChI=1S/C26H25F6N3O2/c1-24(36)11-19(12-24)35-14-34-22-10-20(9-21(23(22)35)26(30,31)32)37-13-18-8-16(6-7-33-18)15-2-4-17(5-3-15)25(27,28)29/h2-5,8-10,14,18-19,33,36H,6-7,11-13H2,1H3/t18-,19?,24?/m0/s1. The molecule has 0 spiro atoms. The molecule has 2 heterocycles. The van der Waals surface area contributed by atoms with Crippen molar-refractivity contribution >= 4 is 16.6 Å². The van der Waals surface area contributed by atoms with Gasteiger partial charge < -0.3 is 19.7 Å². The molecule has 0 unspecified atom stereocenters. The van der Waals surface area contributed by atoms with Crippen LogP contribution < -0.4 is 10.1 Å². The molecular formula is C26H25F6N3O2. The van der Waals surface area contributed by atoms with Gasteiger partial charge in [-0.15, -0.1) is 0 Å². The van der Waals surface area contributed by atoms with Crippen molar-refractivity contribution in [2.45, 2.75) is 56.2 Å². The fourth-order valence-electron chi connectivity index (χ4n) is 5.06. The third-order valence-corrected chi connectivity index (χ3v) is 6.91. The second kappa shape index (κ2) is 9.05. The summed E-state index contributed by atoms with van der Waals surface area (Å²) in [6, 6.07) is 6.70. The van der Waals surface area contributed by atoms with Crippen molar-refractivity contribution in [3.05, 3.63) is 65.5 Å². The zero-order chi connectivity index (χ0) is 26.6. The van der Waals surface area contributed by atoms with Crippen LogP contribution in [0.1, 0.15) is 48.9 Å². The Morgan fingerprint density at radius 1 is 1.08 bits per heavy atom. The Bertz CT molecular complexity index is 1320. The van der Waals surface area contributed by atoms with Gasteiger partial charge in [0.05, 0.1) is 40.1 Å². The maximum absolute atomic E-state index is 14.0. The summed E-state index contributed by atoms with van der Waals surface area (Å²) in [7, 11) is 0. The summed E-state index contributed by atoms with van der Waals surface area (Å²) in [6.45, 7) is 2.22. The van der Waals surface area contributed by atoms with Crippen molar-refractivity contribution in [3.8, 4) is 5.75 Å². The number of hydrogen-bond acceptors (Lipinski definition) is 4. The summed E-state index contributed by atoms with van der Waals surface area (Å²) in [4.78, 5) is 4.17. The fraction of sp³-hybridized carbons (Fsp3) is 0.423. The maximum atomic E-state index is 14.0. The molecule has 2 aromatic carbocycles. The maximum Gasteiger partial charge on any atom is 0.418 e. The second-order valence-electron chi connectivity index (χ2n) is 9.94. The van der Waals surface area contributed by atoms with Crippen molar-refractivity contribution in [2.24, 2.45) is 0 Å². The van der Waals surface area contributed by atoms with Crippen LogP contribution in [-0.2, 0) is 12.4 Å². The van der Waals surface area contributed by atoms with E-state index in [0.29, 0.717) is 31.4 Å². The van der Waals surface area contributed by atoms with Crippen LogP contribution in [-0.4, -0.2) is 39.5 Å². The normalized spacial score (nSPS) is 24.6. The van der Waals surface area contributed by atoms with Crippen molar-refractivity contribution in [3.63, 3.8) is 0 Å². The van der Waals surface area contributed by atoms with E-state index >= 15 is 0 Å². The minimum atomic E-state index is -4.64. The van der Waals surface area contributed by atoms with E-state index in [1.807, 2.05) is 6.08 Å². The Morgan fingerprint density at radius 2 is 1.78 bits per heavy atom. The molecule has 5 nitrogen and oxygen atoms in total. The Morgan fingerprint density at radius 3 is 2.41 bits per heavy atom. The molecule has 37 heavy (non-hydrogen) atoms. The van der Waals surface area contributed by atoms with Crippen LogP contribution in [0.4, 0.5) is 26.3 Å². The van der Waals surface area contributed by atoms with Gasteiger partial charge >= 0.3 is 12.4 Å². The van der Waals surface area contributed by atoms with Crippen molar-refractivity contribution in [1.82, 2.24) is 14.9 Å². The van der Waals surface area contributed by atoms with Crippen LogP contribution in [0.15, 0.2) is 48.8 Å². The van der Waals surface area contributed by atoms with Gasteiger partial charge in [-0.05, 0) is 62.1 Å². The number of hydrogen-bond donors (Lipinski definition) is 2. The first-order chi connectivity index (χ1) is 17.3. The molecule has 3 aromatic rings. The van der Waals surface area contributed by atoms with E-state index < -0.39 is 29.1 Å². The van der Waals surface area contributed by atoms with Gasteiger partial charge in [-0.2, -0.15) is 26.3 Å². The molecule has 198 valence electrons. The molecule has 1 saturated carbocycles. The van der Waals surface area contributed by atoms with Gasteiger partial charge in [0.15, 0.2) is 0 Å². The molecule has 0 radical (unpaired) electrons. The van der Waals surface area contributed by atoms with Gasteiger partial charge in [-0.3, -0.25) is 0 Å². The first-order valence-corrected chi connectivity index (χ1v) is 11.8. The van der Waals surface area contributed by atoms with E-state index in [0.717, 1.165) is 23.8 Å². The number of imidazole rings is 1. The molecule has 1 aliphatic heterocycles. The molecule has 0 amide bonds. The largest absolute Gasteiger partial charge is 0.492 e. The summed E-state index contributed by atoms with van der Waals surface area (Å²) in [6.07, 6.45) is -4.58. The number of fused-ring (bicyclic) bond motifs is 1. The smallest absolute Gasteiger partial charge is 0.418 e. The molecule has 1 fully saturated rings. The van der Waals surface area contributed by atoms with E-state index in [2.05, 4.69) is 10.3 Å². The van der Waals surface area contributed by atoms with E-state index in [1.165, 1.54) is 29.1 Å². The lowest BCUT2D eigenvalue weighted by molar-refractivity contribution is -0.138. The Hall–Kier alpha value is -3.05. The number of ether oxygens (including phenoxy) is 1. The van der Waals surface area contributed by atoms with Crippen LogP contribution in [0.3, 0.4) is 0 Å². The highest BCUT2D eigenvalue weighted by Gasteiger charge is 2.42. The van der Waals surface area contributed by atoms with E-state index in [1.54, 1.807) is 6.92 Å². The average molecular weight is 525 g/mol.